The van der Waals surface area contributed by atoms with Gasteiger partial charge in [0.2, 0.25) is 0 Å². The van der Waals surface area contributed by atoms with Crippen molar-refractivity contribution in [3.05, 3.63) is 62.6 Å². The number of rotatable bonds is 3. The van der Waals surface area contributed by atoms with Crippen molar-refractivity contribution in [2.75, 3.05) is 11.1 Å². The van der Waals surface area contributed by atoms with Gasteiger partial charge in [0.1, 0.15) is 0 Å². The molecule has 0 saturated carbocycles. The maximum Gasteiger partial charge on any atom is 0.271 e. The smallest absolute Gasteiger partial charge is 0.271 e. The summed E-state index contributed by atoms with van der Waals surface area (Å²) in [7, 11) is 0. The SMILES string of the molecule is O=[N+]([O-])c1ccc(Br)c(NC2CSc3ccccc32)c1. The minimum Gasteiger partial charge on any atom is -0.376 e. The van der Waals surface area contributed by atoms with Crippen molar-refractivity contribution in [3.8, 4) is 0 Å². The van der Waals surface area contributed by atoms with E-state index in [0.717, 1.165) is 15.9 Å². The normalized spacial score (nSPS) is 16.8. The summed E-state index contributed by atoms with van der Waals surface area (Å²) in [5, 5.41) is 14.2. The van der Waals surface area contributed by atoms with Gasteiger partial charge in [-0.3, -0.25) is 10.1 Å². The van der Waals surface area contributed by atoms with Crippen LogP contribution in [0.3, 0.4) is 0 Å². The van der Waals surface area contributed by atoms with Crippen molar-refractivity contribution in [2.24, 2.45) is 0 Å². The lowest BCUT2D eigenvalue weighted by molar-refractivity contribution is -0.384. The molecule has 0 bridgehead atoms. The number of nitrogens with zero attached hydrogens (tertiary/aromatic N) is 1. The Kier molecular flexibility index (Phi) is 3.67. The van der Waals surface area contributed by atoms with Gasteiger partial charge in [-0.1, -0.05) is 18.2 Å². The average Bonchev–Trinajstić information content (AvgIpc) is 2.84. The van der Waals surface area contributed by atoms with Crippen LogP contribution in [0.15, 0.2) is 51.8 Å². The molecule has 0 spiro atoms. The molecule has 4 nitrogen and oxygen atoms in total. The third-order valence-electron chi connectivity index (χ3n) is 3.19. The van der Waals surface area contributed by atoms with Crippen LogP contribution in [0.1, 0.15) is 11.6 Å². The maximum absolute atomic E-state index is 10.9. The van der Waals surface area contributed by atoms with E-state index in [1.807, 2.05) is 12.1 Å². The summed E-state index contributed by atoms with van der Waals surface area (Å²) in [5.74, 6) is 0.925. The molecule has 0 fully saturated rings. The summed E-state index contributed by atoms with van der Waals surface area (Å²) in [6.45, 7) is 0. The highest BCUT2D eigenvalue weighted by Crippen LogP contribution is 2.41. The van der Waals surface area contributed by atoms with Crippen molar-refractivity contribution < 1.29 is 4.92 Å². The van der Waals surface area contributed by atoms with E-state index in [1.165, 1.54) is 16.5 Å². The largest absolute Gasteiger partial charge is 0.376 e. The maximum atomic E-state index is 10.9. The number of nitrogens with one attached hydrogen (secondary N) is 1. The van der Waals surface area contributed by atoms with Crippen molar-refractivity contribution in [1.29, 1.82) is 0 Å². The molecule has 3 rings (SSSR count). The zero-order chi connectivity index (χ0) is 14.1. The molecule has 1 heterocycles. The molecule has 1 aliphatic heterocycles. The molecule has 1 atom stereocenters. The number of nitro benzene ring substituents is 1. The molecule has 1 N–H and O–H groups in total. The van der Waals surface area contributed by atoms with Crippen LogP contribution in [0, 0.1) is 10.1 Å². The summed E-state index contributed by atoms with van der Waals surface area (Å²) in [6, 6.07) is 13.2. The number of nitro groups is 1. The van der Waals surface area contributed by atoms with Gasteiger partial charge in [-0.25, -0.2) is 0 Å². The number of hydrogen-bond donors (Lipinski definition) is 1. The van der Waals surface area contributed by atoms with Gasteiger partial charge < -0.3 is 5.32 Å². The number of anilines is 1. The monoisotopic (exact) mass is 350 g/mol. The summed E-state index contributed by atoms with van der Waals surface area (Å²) in [4.78, 5) is 11.7. The van der Waals surface area contributed by atoms with Crippen molar-refractivity contribution in [2.45, 2.75) is 10.9 Å². The average molecular weight is 351 g/mol. The molecule has 1 unspecified atom stereocenters. The zero-order valence-electron chi connectivity index (χ0n) is 10.4. The zero-order valence-corrected chi connectivity index (χ0v) is 12.8. The molecular weight excluding hydrogens is 340 g/mol. The summed E-state index contributed by atoms with van der Waals surface area (Å²) in [6.07, 6.45) is 0. The first-order valence-corrected chi connectivity index (χ1v) is 7.85. The molecule has 0 radical (unpaired) electrons. The molecule has 6 heteroatoms. The second kappa shape index (κ2) is 5.46. The molecule has 2 aromatic carbocycles. The Hall–Kier alpha value is -1.53. The van der Waals surface area contributed by atoms with Gasteiger partial charge in [-0.15, -0.1) is 11.8 Å². The molecule has 20 heavy (non-hydrogen) atoms. The number of benzene rings is 2. The van der Waals surface area contributed by atoms with E-state index in [-0.39, 0.29) is 16.7 Å². The highest BCUT2D eigenvalue weighted by Gasteiger charge is 2.23. The lowest BCUT2D eigenvalue weighted by Gasteiger charge is -2.15. The first-order valence-electron chi connectivity index (χ1n) is 6.07. The molecule has 0 saturated heterocycles. The van der Waals surface area contributed by atoms with E-state index in [9.17, 15) is 10.1 Å². The van der Waals surface area contributed by atoms with Crippen LogP contribution in [0.25, 0.3) is 0 Å². The molecule has 1 aliphatic rings. The highest BCUT2D eigenvalue weighted by atomic mass is 79.9. The van der Waals surface area contributed by atoms with E-state index >= 15 is 0 Å². The fourth-order valence-corrected chi connectivity index (χ4v) is 3.73. The molecule has 0 aromatic heterocycles. The Morgan fingerprint density at radius 2 is 2.10 bits per heavy atom. The number of halogens is 1. The van der Waals surface area contributed by atoms with Crippen LogP contribution in [0.5, 0.6) is 0 Å². The van der Waals surface area contributed by atoms with Gasteiger partial charge in [-0.05, 0) is 33.6 Å². The van der Waals surface area contributed by atoms with E-state index < -0.39 is 0 Å². The molecular formula is C14H11BrN2O2S. The first kappa shape index (κ1) is 13.5. The number of non-ortho nitro benzene ring substituents is 1. The number of thioether (sulfide) groups is 1. The summed E-state index contributed by atoms with van der Waals surface area (Å²) < 4.78 is 0.831. The lowest BCUT2D eigenvalue weighted by Crippen LogP contribution is -2.10. The van der Waals surface area contributed by atoms with Crippen LogP contribution >= 0.6 is 27.7 Å². The van der Waals surface area contributed by atoms with Crippen LogP contribution < -0.4 is 5.32 Å². The quantitative estimate of drug-likeness (QED) is 0.648. The van der Waals surface area contributed by atoms with E-state index in [4.69, 9.17) is 0 Å². The van der Waals surface area contributed by atoms with E-state index in [1.54, 1.807) is 23.9 Å². The first-order chi connectivity index (χ1) is 9.65. The Balaban J connectivity index is 1.89. The number of hydrogen-bond acceptors (Lipinski definition) is 4. The van der Waals surface area contributed by atoms with Gasteiger partial charge in [0.05, 0.1) is 16.7 Å². The molecule has 102 valence electrons. The lowest BCUT2D eigenvalue weighted by atomic mass is 10.1. The summed E-state index contributed by atoms with van der Waals surface area (Å²) >= 11 is 5.23. The van der Waals surface area contributed by atoms with E-state index in [2.05, 4.69) is 33.4 Å². The Morgan fingerprint density at radius 1 is 1.30 bits per heavy atom. The van der Waals surface area contributed by atoms with Gasteiger partial charge in [0, 0.05) is 27.3 Å². The summed E-state index contributed by atoms with van der Waals surface area (Å²) in [5.41, 5.74) is 2.09. The van der Waals surface area contributed by atoms with Gasteiger partial charge in [0.15, 0.2) is 0 Å². The second-order valence-corrected chi connectivity index (χ2v) is 6.38. The Labute approximate surface area is 128 Å². The van der Waals surface area contributed by atoms with Crippen LogP contribution in [-0.4, -0.2) is 10.7 Å². The van der Waals surface area contributed by atoms with E-state index in [0.29, 0.717) is 0 Å². The molecule has 2 aromatic rings. The third kappa shape index (κ3) is 2.53. The van der Waals surface area contributed by atoms with Crippen molar-refractivity contribution in [3.63, 3.8) is 0 Å². The number of fused-ring (bicyclic) bond motifs is 1. The fraction of sp³-hybridized carbons (Fsp3) is 0.143. The highest BCUT2D eigenvalue weighted by molar-refractivity contribution is 9.10. The standard InChI is InChI=1S/C14H11BrN2O2S/c15-11-6-5-9(17(18)19)7-12(11)16-13-8-20-14-4-2-1-3-10(13)14/h1-7,13,16H,8H2. The third-order valence-corrected chi connectivity index (χ3v) is 5.06. The fourth-order valence-electron chi connectivity index (χ4n) is 2.21. The Morgan fingerprint density at radius 3 is 2.90 bits per heavy atom. The predicted octanol–water partition coefficient (Wildman–Crippen LogP) is 4.62. The van der Waals surface area contributed by atoms with Gasteiger partial charge in [-0.2, -0.15) is 0 Å². The van der Waals surface area contributed by atoms with Crippen molar-refractivity contribution >= 4 is 39.1 Å². The van der Waals surface area contributed by atoms with Gasteiger partial charge >= 0.3 is 0 Å². The predicted molar refractivity (Wildman–Crippen MR) is 84.3 cm³/mol. The van der Waals surface area contributed by atoms with Crippen LogP contribution in [0.4, 0.5) is 11.4 Å². The van der Waals surface area contributed by atoms with Crippen molar-refractivity contribution in [1.82, 2.24) is 0 Å². The molecule has 0 aliphatic carbocycles. The van der Waals surface area contributed by atoms with Crippen LogP contribution in [0.2, 0.25) is 0 Å². The van der Waals surface area contributed by atoms with Crippen LogP contribution in [-0.2, 0) is 0 Å². The minimum atomic E-state index is -0.380. The second-order valence-electron chi connectivity index (χ2n) is 4.47. The van der Waals surface area contributed by atoms with Gasteiger partial charge in [0.25, 0.3) is 5.69 Å². The minimum absolute atomic E-state index is 0.0923. The molecule has 0 amide bonds. The Bertz CT molecular complexity index is 678. The topological polar surface area (TPSA) is 55.2 Å².